The van der Waals surface area contributed by atoms with E-state index in [-0.39, 0.29) is 6.10 Å². The van der Waals surface area contributed by atoms with Crippen LogP contribution in [-0.2, 0) is 16.1 Å². The van der Waals surface area contributed by atoms with Crippen LogP contribution >= 0.6 is 0 Å². The molecule has 1 aromatic heterocycles. The van der Waals surface area contributed by atoms with Crippen LogP contribution in [0.25, 0.3) is 0 Å². The number of rotatable bonds is 6. The molecular formula is C13H23N5O2. The van der Waals surface area contributed by atoms with Gasteiger partial charge in [0.2, 0.25) is 0 Å². The van der Waals surface area contributed by atoms with Crippen LogP contribution in [0.1, 0.15) is 12.7 Å². The van der Waals surface area contributed by atoms with Gasteiger partial charge in [-0.05, 0) is 14.0 Å². The van der Waals surface area contributed by atoms with Crippen LogP contribution in [0.3, 0.4) is 0 Å². The summed E-state index contributed by atoms with van der Waals surface area (Å²) in [4.78, 5) is 10.8. The van der Waals surface area contributed by atoms with Gasteiger partial charge in [-0.2, -0.15) is 0 Å². The molecule has 1 saturated heterocycles. The molecule has 7 nitrogen and oxygen atoms in total. The molecule has 0 amide bonds. The first kappa shape index (κ1) is 15.0. The zero-order valence-electron chi connectivity index (χ0n) is 12.1. The smallest absolute Gasteiger partial charge is 0.158 e. The van der Waals surface area contributed by atoms with Crippen molar-refractivity contribution in [2.75, 3.05) is 50.9 Å². The molecule has 1 unspecified atom stereocenters. The molecule has 20 heavy (non-hydrogen) atoms. The van der Waals surface area contributed by atoms with E-state index >= 15 is 0 Å². The van der Waals surface area contributed by atoms with E-state index in [0.717, 1.165) is 19.7 Å². The average Bonchev–Trinajstić information content (AvgIpc) is 2.42. The lowest BCUT2D eigenvalue weighted by atomic mass is 10.3. The molecule has 2 heterocycles. The maximum Gasteiger partial charge on any atom is 0.158 e. The van der Waals surface area contributed by atoms with E-state index < -0.39 is 0 Å². The van der Waals surface area contributed by atoms with Gasteiger partial charge in [0.25, 0.3) is 0 Å². The number of nitrogens with zero attached hydrogens (tertiary/aromatic N) is 3. The Hall–Kier alpha value is -1.44. The Bertz CT molecular complexity index is 429. The maximum atomic E-state index is 5.78. The first-order chi connectivity index (χ1) is 9.67. The highest BCUT2D eigenvalue weighted by atomic mass is 16.5. The Morgan fingerprint density at radius 3 is 3.15 bits per heavy atom. The maximum absolute atomic E-state index is 5.78. The van der Waals surface area contributed by atoms with E-state index in [1.54, 1.807) is 6.07 Å². The van der Waals surface area contributed by atoms with Crippen molar-refractivity contribution in [2.45, 2.75) is 19.6 Å². The number of hydrogen-bond donors (Lipinski definition) is 2. The molecule has 7 heteroatoms. The van der Waals surface area contributed by atoms with Crippen LogP contribution in [0.15, 0.2) is 6.07 Å². The third kappa shape index (κ3) is 4.59. The van der Waals surface area contributed by atoms with E-state index in [0.29, 0.717) is 37.2 Å². The quantitative estimate of drug-likeness (QED) is 0.777. The molecule has 0 radical (unpaired) electrons. The van der Waals surface area contributed by atoms with Gasteiger partial charge in [0, 0.05) is 32.3 Å². The topological polar surface area (TPSA) is 85.5 Å². The summed E-state index contributed by atoms with van der Waals surface area (Å²) in [6.07, 6.45) is 0.167. The lowest BCUT2D eigenvalue weighted by Crippen LogP contribution is -2.43. The first-order valence-corrected chi connectivity index (χ1v) is 6.92. The van der Waals surface area contributed by atoms with Gasteiger partial charge in [0.05, 0.1) is 12.7 Å². The summed E-state index contributed by atoms with van der Waals surface area (Å²) >= 11 is 0. The Labute approximate surface area is 119 Å². The molecule has 1 fully saturated rings. The van der Waals surface area contributed by atoms with Crippen molar-refractivity contribution < 1.29 is 9.47 Å². The van der Waals surface area contributed by atoms with Gasteiger partial charge in [-0.1, -0.05) is 0 Å². The summed E-state index contributed by atoms with van der Waals surface area (Å²) in [5.74, 6) is 1.75. The molecule has 0 aliphatic carbocycles. The van der Waals surface area contributed by atoms with E-state index in [4.69, 9.17) is 15.2 Å². The minimum Gasteiger partial charge on any atom is -0.384 e. The molecule has 1 atom stereocenters. The number of nitrogen functional groups attached to an aromatic ring is 1. The first-order valence-electron chi connectivity index (χ1n) is 6.92. The Balaban J connectivity index is 1.89. The van der Waals surface area contributed by atoms with E-state index in [1.807, 2.05) is 6.92 Å². The standard InChI is InChI=1S/C13H23N5O2/c1-3-19-9-13-16-11(14)6-12(17-13)15-7-10-8-18(2)4-5-20-10/h6,10H,3-5,7-9H2,1-2H3,(H3,14,15,16,17). The zero-order chi connectivity index (χ0) is 14.4. The zero-order valence-corrected chi connectivity index (χ0v) is 12.1. The van der Waals surface area contributed by atoms with Gasteiger partial charge in [-0.15, -0.1) is 0 Å². The van der Waals surface area contributed by atoms with Crippen molar-refractivity contribution in [1.82, 2.24) is 14.9 Å². The van der Waals surface area contributed by atoms with Crippen molar-refractivity contribution >= 4 is 11.6 Å². The molecule has 0 spiro atoms. The predicted octanol–water partition coefficient (Wildman–Crippen LogP) is 0.338. The SMILES string of the molecule is CCOCc1nc(N)cc(NCC2CN(C)CCO2)n1. The lowest BCUT2D eigenvalue weighted by molar-refractivity contribution is -0.0117. The second-order valence-electron chi connectivity index (χ2n) is 4.87. The Morgan fingerprint density at radius 2 is 2.40 bits per heavy atom. The summed E-state index contributed by atoms with van der Waals surface area (Å²) < 4.78 is 11.0. The molecule has 0 saturated carbocycles. The summed E-state index contributed by atoms with van der Waals surface area (Å²) in [6.45, 7) is 6.30. The molecule has 3 N–H and O–H groups in total. The van der Waals surface area contributed by atoms with Crippen molar-refractivity contribution in [3.8, 4) is 0 Å². The van der Waals surface area contributed by atoms with Gasteiger partial charge in [-0.25, -0.2) is 9.97 Å². The van der Waals surface area contributed by atoms with Crippen molar-refractivity contribution in [2.24, 2.45) is 0 Å². The molecule has 0 aromatic carbocycles. The fourth-order valence-electron chi connectivity index (χ4n) is 2.07. The van der Waals surface area contributed by atoms with E-state index in [1.165, 1.54) is 0 Å². The van der Waals surface area contributed by atoms with Crippen molar-refractivity contribution in [3.63, 3.8) is 0 Å². The monoisotopic (exact) mass is 281 g/mol. The Kier molecular flexibility index (Phi) is 5.51. The van der Waals surface area contributed by atoms with Gasteiger partial charge in [0.15, 0.2) is 5.82 Å². The summed E-state index contributed by atoms with van der Waals surface area (Å²) in [6, 6.07) is 1.72. The van der Waals surface area contributed by atoms with Gasteiger partial charge in [-0.3, -0.25) is 0 Å². The van der Waals surface area contributed by atoms with Crippen LogP contribution in [-0.4, -0.2) is 60.9 Å². The largest absolute Gasteiger partial charge is 0.384 e. The number of nitrogens with two attached hydrogens (primary N) is 1. The molecule has 1 aliphatic heterocycles. The van der Waals surface area contributed by atoms with Crippen LogP contribution in [0.2, 0.25) is 0 Å². The molecule has 1 aromatic rings. The second-order valence-corrected chi connectivity index (χ2v) is 4.87. The third-order valence-corrected chi connectivity index (χ3v) is 3.08. The van der Waals surface area contributed by atoms with Crippen LogP contribution in [0.5, 0.6) is 0 Å². The lowest BCUT2D eigenvalue weighted by Gasteiger charge is -2.30. The van der Waals surface area contributed by atoms with E-state index in [2.05, 4.69) is 27.2 Å². The van der Waals surface area contributed by atoms with Crippen molar-refractivity contribution in [1.29, 1.82) is 0 Å². The number of morpholine rings is 1. The second kappa shape index (κ2) is 7.37. The number of hydrogen-bond acceptors (Lipinski definition) is 7. The van der Waals surface area contributed by atoms with Crippen LogP contribution in [0, 0.1) is 0 Å². The minimum absolute atomic E-state index is 0.167. The highest BCUT2D eigenvalue weighted by Crippen LogP contribution is 2.10. The fraction of sp³-hybridized carbons (Fsp3) is 0.692. The molecule has 1 aliphatic rings. The normalized spacial score (nSPS) is 20.0. The van der Waals surface area contributed by atoms with Gasteiger partial charge < -0.3 is 25.4 Å². The number of likely N-dealkylation sites (N-methyl/N-ethyl adjacent to an activating group) is 1. The number of anilines is 2. The summed E-state index contributed by atoms with van der Waals surface area (Å²) in [5, 5.41) is 3.25. The molecular weight excluding hydrogens is 258 g/mol. The number of ether oxygens (including phenoxy) is 2. The molecule has 112 valence electrons. The Morgan fingerprint density at radius 1 is 1.55 bits per heavy atom. The highest BCUT2D eigenvalue weighted by Gasteiger charge is 2.17. The predicted molar refractivity (Wildman–Crippen MR) is 77.5 cm³/mol. The highest BCUT2D eigenvalue weighted by molar-refractivity contribution is 5.44. The summed E-state index contributed by atoms with van der Waals surface area (Å²) in [5.41, 5.74) is 5.78. The third-order valence-electron chi connectivity index (χ3n) is 3.08. The number of nitrogens with one attached hydrogen (secondary N) is 1. The summed E-state index contributed by atoms with van der Waals surface area (Å²) in [7, 11) is 2.10. The van der Waals surface area contributed by atoms with Crippen molar-refractivity contribution in [3.05, 3.63) is 11.9 Å². The fourth-order valence-corrected chi connectivity index (χ4v) is 2.07. The van der Waals surface area contributed by atoms with E-state index in [9.17, 15) is 0 Å². The molecule has 0 bridgehead atoms. The minimum atomic E-state index is 0.167. The van der Waals surface area contributed by atoms with Gasteiger partial charge >= 0.3 is 0 Å². The number of aromatic nitrogens is 2. The van der Waals surface area contributed by atoms with Crippen LogP contribution < -0.4 is 11.1 Å². The van der Waals surface area contributed by atoms with Gasteiger partial charge in [0.1, 0.15) is 18.2 Å². The molecule has 2 rings (SSSR count). The van der Waals surface area contributed by atoms with Crippen LogP contribution in [0.4, 0.5) is 11.6 Å². The average molecular weight is 281 g/mol.